The highest BCUT2D eigenvalue weighted by atomic mass is 16.5. The van der Waals surface area contributed by atoms with Gasteiger partial charge in [0, 0.05) is 58.5 Å². The fraction of sp³-hybridized carbons (Fsp3) is 0.333. The highest BCUT2D eigenvalue weighted by Gasteiger charge is 2.27. The van der Waals surface area contributed by atoms with Crippen molar-refractivity contribution in [2.24, 2.45) is 0 Å². The molecule has 6 N–H and O–H groups in total. The van der Waals surface area contributed by atoms with Crippen LogP contribution in [0, 0.1) is 13.8 Å². The van der Waals surface area contributed by atoms with Crippen LogP contribution in [0.1, 0.15) is 60.5 Å². The third-order valence-electron chi connectivity index (χ3n) is 6.52. The summed E-state index contributed by atoms with van der Waals surface area (Å²) in [5.41, 5.74) is 8.54. The highest BCUT2D eigenvalue weighted by Crippen LogP contribution is 2.40. The molecule has 0 aliphatic carbocycles. The Morgan fingerprint density at radius 3 is 1.94 bits per heavy atom. The first-order valence-electron chi connectivity index (χ1n) is 11.9. The zero-order valence-electron chi connectivity index (χ0n) is 19.8. The Labute approximate surface area is 198 Å². The van der Waals surface area contributed by atoms with Crippen LogP contribution >= 0.6 is 0 Å². The standard InChI is InChI=1S/C27H32N4O3/c1-17-26(19-10-5-7-12-22(19)29-17)21(27-18(2)30-23-13-8-6-11-20(23)27)16-25(33)28-15-9-3-4-14-24(32)31-34/h5-8,10-13,21,29-30,34H,3-4,9,14-16H2,1-2H3,(H,28,33)(H,31,32)/p+1. The number of hydrogen-bond donors (Lipinski definition) is 4. The lowest BCUT2D eigenvalue weighted by molar-refractivity contribution is -0.129. The number of carbonyl (C=O) groups is 2. The second kappa shape index (κ2) is 10.6. The van der Waals surface area contributed by atoms with Gasteiger partial charge in [-0.05, 0) is 49.9 Å². The van der Waals surface area contributed by atoms with E-state index in [-0.39, 0.29) is 17.7 Å². The molecule has 0 spiro atoms. The topological polar surface area (TPSA) is 113 Å². The summed E-state index contributed by atoms with van der Waals surface area (Å²) in [6.45, 7) is 4.74. The summed E-state index contributed by atoms with van der Waals surface area (Å²) in [7, 11) is 0. The minimum Gasteiger partial charge on any atom is -0.358 e. The predicted molar refractivity (Wildman–Crippen MR) is 136 cm³/mol. The number of H-pyrrole nitrogens is 2. The van der Waals surface area contributed by atoms with Gasteiger partial charge < -0.3 is 20.5 Å². The van der Waals surface area contributed by atoms with E-state index in [2.05, 4.69) is 53.4 Å². The van der Waals surface area contributed by atoms with E-state index in [0.717, 1.165) is 46.0 Å². The maximum Gasteiger partial charge on any atom is 0.283 e. The molecular weight excluding hydrogens is 428 g/mol. The lowest BCUT2D eigenvalue weighted by Crippen LogP contribution is -2.26. The minimum atomic E-state index is -0.268. The summed E-state index contributed by atoms with van der Waals surface area (Å²) < 4.78 is 0. The maximum absolute atomic E-state index is 13.1. The molecule has 2 aromatic heterocycles. The number of aromatic amines is 2. The van der Waals surface area contributed by atoms with E-state index in [1.165, 1.54) is 11.1 Å². The second-order valence-corrected chi connectivity index (χ2v) is 8.88. The number of para-hydroxylation sites is 2. The van der Waals surface area contributed by atoms with Gasteiger partial charge in [-0.1, -0.05) is 42.8 Å². The second-order valence-electron chi connectivity index (χ2n) is 8.88. The molecule has 0 aliphatic rings. The van der Waals surface area contributed by atoms with E-state index in [1.54, 1.807) is 0 Å². The molecule has 2 aromatic carbocycles. The molecule has 4 aromatic rings. The number of rotatable bonds is 10. The fourth-order valence-electron chi connectivity index (χ4n) is 4.98. The number of nitrogens with one attached hydrogen (secondary N) is 4. The quantitative estimate of drug-likeness (QED) is 0.161. The summed E-state index contributed by atoms with van der Waals surface area (Å²) in [4.78, 5) is 31.3. The Morgan fingerprint density at radius 1 is 0.824 bits per heavy atom. The number of aromatic nitrogens is 2. The third kappa shape index (κ3) is 4.99. The summed E-state index contributed by atoms with van der Waals surface area (Å²) in [6.07, 6.45) is 3.05. The van der Waals surface area contributed by atoms with Crippen LogP contribution in [0.3, 0.4) is 0 Å². The van der Waals surface area contributed by atoms with Gasteiger partial charge in [0.15, 0.2) is 0 Å². The van der Waals surface area contributed by atoms with Gasteiger partial charge in [0.1, 0.15) is 0 Å². The lowest BCUT2D eigenvalue weighted by atomic mass is 9.84. The van der Waals surface area contributed by atoms with Gasteiger partial charge in [-0.25, -0.2) is 0 Å². The molecule has 0 unspecified atom stereocenters. The van der Waals surface area contributed by atoms with Crippen LogP contribution in [0.25, 0.3) is 21.8 Å². The van der Waals surface area contributed by atoms with Crippen molar-refractivity contribution in [3.05, 3.63) is 71.0 Å². The molecule has 0 atom stereocenters. The summed E-state index contributed by atoms with van der Waals surface area (Å²) in [5.74, 6) is -0.341. The molecule has 0 bridgehead atoms. The largest absolute Gasteiger partial charge is 0.358 e. The molecule has 0 fully saturated rings. The predicted octanol–water partition coefficient (Wildman–Crippen LogP) is 4.22. The van der Waals surface area contributed by atoms with E-state index in [9.17, 15) is 9.59 Å². The molecule has 7 heteroatoms. The van der Waals surface area contributed by atoms with Gasteiger partial charge in [-0.3, -0.25) is 9.59 Å². The number of aryl methyl sites for hydroxylation is 2. The minimum absolute atomic E-state index is 0.0169. The van der Waals surface area contributed by atoms with E-state index in [0.29, 0.717) is 25.8 Å². The number of fused-ring (bicyclic) bond motifs is 2. The molecule has 0 saturated heterocycles. The number of hydrogen-bond acceptors (Lipinski definition) is 2. The molecule has 4 rings (SSSR count). The van der Waals surface area contributed by atoms with Crippen LogP contribution < -0.4 is 10.8 Å². The molecule has 178 valence electrons. The Kier molecular flexibility index (Phi) is 7.33. The van der Waals surface area contributed by atoms with Crippen LogP contribution in [-0.2, 0) is 9.59 Å². The summed E-state index contributed by atoms with van der Waals surface area (Å²) in [6, 6.07) is 16.5. The van der Waals surface area contributed by atoms with Crippen molar-refractivity contribution >= 4 is 33.6 Å². The maximum atomic E-state index is 13.1. The average molecular weight is 462 g/mol. The monoisotopic (exact) mass is 461 g/mol. The van der Waals surface area contributed by atoms with Crippen molar-refractivity contribution in [2.75, 3.05) is 6.54 Å². The molecule has 0 aliphatic heterocycles. The van der Waals surface area contributed by atoms with Gasteiger partial charge >= 0.3 is 0 Å². The zero-order valence-corrected chi connectivity index (χ0v) is 19.8. The number of unbranched alkanes of at least 4 members (excludes halogenated alkanes) is 2. The van der Waals surface area contributed by atoms with Crippen molar-refractivity contribution in [1.29, 1.82) is 0 Å². The summed E-state index contributed by atoms with van der Waals surface area (Å²) >= 11 is 0. The molecule has 2 heterocycles. The first-order chi connectivity index (χ1) is 16.5. The zero-order chi connectivity index (χ0) is 24.1. The van der Waals surface area contributed by atoms with Gasteiger partial charge in [0.2, 0.25) is 5.91 Å². The van der Waals surface area contributed by atoms with E-state index in [1.807, 2.05) is 29.7 Å². The Balaban J connectivity index is 1.57. The van der Waals surface area contributed by atoms with Crippen LogP contribution in [0.5, 0.6) is 0 Å². The van der Waals surface area contributed by atoms with Crippen molar-refractivity contribution in [1.82, 2.24) is 20.8 Å². The molecule has 0 radical (unpaired) electrons. The first kappa shape index (κ1) is 23.6. The van der Waals surface area contributed by atoms with Crippen LogP contribution in [-0.4, -0.2) is 33.5 Å². The average Bonchev–Trinajstić information content (AvgIpc) is 3.34. The van der Waals surface area contributed by atoms with Gasteiger partial charge in [-0.15, -0.1) is 5.48 Å². The van der Waals surface area contributed by atoms with Gasteiger partial charge in [0.05, 0.1) is 0 Å². The molecule has 0 saturated carbocycles. The smallest absolute Gasteiger partial charge is 0.283 e. The lowest BCUT2D eigenvalue weighted by Gasteiger charge is -2.19. The number of carbonyl (C=O) groups excluding carboxylic acids is 2. The normalized spacial score (nSPS) is 11.4. The van der Waals surface area contributed by atoms with Crippen LogP contribution in [0.4, 0.5) is 0 Å². The first-order valence-corrected chi connectivity index (χ1v) is 11.9. The fourth-order valence-corrected chi connectivity index (χ4v) is 4.98. The molecule has 2 amide bonds. The summed E-state index contributed by atoms with van der Waals surface area (Å²) in [5, 5.41) is 12.2. The number of amides is 2. The molecule has 7 nitrogen and oxygen atoms in total. The van der Waals surface area contributed by atoms with Gasteiger partial charge in [0.25, 0.3) is 5.91 Å². The highest BCUT2D eigenvalue weighted by molar-refractivity contribution is 5.91. The van der Waals surface area contributed by atoms with Crippen molar-refractivity contribution in [3.63, 3.8) is 0 Å². The Morgan fingerprint density at radius 2 is 1.38 bits per heavy atom. The number of hydroxylamine groups is 1. The van der Waals surface area contributed by atoms with E-state index in [4.69, 9.17) is 5.21 Å². The van der Waals surface area contributed by atoms with Crippen LogP contribution in [0.2, 0.25) is 0 Å². The van der Waals surface area contributed by atoms with Crippen LogP contribution in [0.15, 0.2) is 48.5 Å². The van der Waals surface area contributed by atoms with E-state index >= 15 is 0 Å². The van der Waals surface area contributed by atoms with Gasteiger partial charge in [-0.2, -0.15) is 0 Å². The molecule has 34 heavy (non-hydrogen) atoms. The molecular formula is C27H33N4O3+. The number of benzene rings is 2. The van der Waals surface area contributed by atoms with Crippen molar-refractivity contribution in [2.45, 2.75) is 51.9 Å². The van der Waals surface area contributed by atoms with Crippen molar-refractivity contribution < 1.29 is 14.8 Å². The SMILES string of the molecule is Cc1[nH]c2ccccc2c1C(CC(=O)NCCCCCC(=O)N[OH2+])c1c(C)[nH]c2ccccc12. The van der Waals surface area contributed by atoms with Crippen molar-refractivity contribution in [3.8, 4) is 0 Å². The third-order valence-corrected chi connectivity index (χ3v) is 6.52. The van der Waals surface area contributed by atoms with E-state index < -0.39 is 0 Å². The Hall–Kier alpha value is -3.58. The Bertz CT molecular complexity index is 1220.